The van der Waals surface area contributed by atoms with Gasteiger partial charge in [0.1, 0.15) is 6.21 Å². The lowest BCUT2D eigenvalue weighted by atomic mass is 10.4. The Labute approximate surface area is 88.0 Å². The molecule has 0 aromatic heterocycles. The highest BCUT2D eigenvalue weighted by Gasteiger charge is 2.21. The van der Waals surface area contributed by atoms with E-state index in [1.165, 1.54) is 14.0 Å². The number of hydrogen-bond donors (Lipinski definition) is 0. The van der Waals surface area contributed by atoms with Crippen molar-refractivity contribution >= 4 is 18.2 Å². The van der Waals surface area contributed by atoms with Crippen LogP contribution in [-0.2, 0) is 19.1 Å². The number of carbonyl (C=O) groups excluding carboxylic acids is 2. The summed E-state index contributed by atoms with van der Waals surface area (Å²) in [6, 6.07) is 0. The average molecular weight is 212 g/mol. The SMILES string of the molecule is COC(=O)C(C)OC(=O)C[N+]1=CCC=C1. The van der Waals surface area contributed by atoms with E-state index in [-0.39, 0.29) is 6.54 Å². The molecule has 1 unspecified atom stereocenters. The van der Waals surface area contributed by atoms with E-state index in [4.69, 9.17) is 4.74 Å². The highest BCUT2D eigenvalue weighted by molar-refractivity contribution is 5.79. The third-order valence-corrected chi connectivity index (χ3v) is 1.93. The fourth-order valence-corrected chi connectivity index (χ4v) is 1.17. The topological polar surface area (TPSA) is 55.6 Å². The zero-order valence-corrected chi connectivity index (χ0v) is 8.80. The molecule has 0 bridgehead atoms. The van der Waals surface area contributed by atoms with Crippen molar-refractivity contribution in [2.75, 3.05) is 13.7 Å². The molecule has 0 fully saturated rings. The normalized spacial score (nSPS) is 15.7. The molecule has 1 aliphatic rings. The molecule has 1 heterocycles. The first-order valence-electron chi connectivity index (χ1n) is 4.66. The molecule has 0 saturated heterocycles. The van der Waals surface area contributed by atoms with E-state index in [1.807, 2.05) is 12.3 Å². The summed E-state index contributed by atoms with van der Waals surface area (Å²) >= 11 is 0. The van der Waals surface area contributed by atoms with Crippen LogP contribution in [0.15, 0.2) is 12.3 Å². The minimum Gasteiger partial charge on any atom is -0.466 e. The smallest absolute Gasteiger partial charge is 0.373 e. The standard InChI is InChI=1S/C10H14NO4/c1-8(10(13)14-2)15-9(12)7-11-5-3-4-6-11/h3,5-6,8H,4,7H2,1-2H3/q+1. The minimum absolute atomic E-state index is 0.123. The van der Waals surface area contributed by atoms with E-state index in [9.17, 15) is 9.59 Å². The largest absolute Gasteiger partial charge is 0.466 e. The van der Waals surface area contributed by atoms with Crippen molar-refractivity contribution in [1.29, 1.82) is 0 Å². The Hall–Kier alpha value is -1.65. The molecule has 0 aliphatic carbocycles. The van der Waals surface area contributed by atoms with Crippen LogP contribution in [0.5, 0.6) is 0 Å². The number of rotatable bonds is 4. The van der Waals surface area contributed by atoms with Crippen LogP contribution in [0.25, 0.3) is 0 Å². The molecule has 5 heteroatoms. The van der Waals surface area contributed by atoms with E-state index in [0.29, 0.717) is 0 Å². The predicted molar refractivity (Wildman–Crippen MR) is 52.5 cm³/mol. The fraction of sp³-hybridized carbons (Fsp3) is 0.500. The van der Waals surface area contributed by atoms with Crippen LogP contribution in [0.3, 0.4) is 0 Å². The minimum atomic E-state index is -0.853. The number of hydrogen-bond acceptors (Lipinski definition) is 4. The molecule has 82 valence electrons. The second-order valence-corrected chi connectivity index (χ2v) is 3.13. The van der Waals surface area contributed by atoms with Gasteiger partial charge in [0, 0.05) is 6.42 Å². The van der Waals surface area contributed by atoms with Crippen molar-refractivity contribution in [1.82, 2.24) is 0 Å². The van der Waals surface area contributed by atoms with Crippen LogP contribution < -0.4 is 0 Å². The Balaban J connectivity index is 2.35. The highest BCUT2D eigenvalue weighted by Crippen LogP contribution is 1.97. The van der Waals surface area contributed by atoms with Gasteiger partial charge in [-0.15, -0.1) is 0 Å². The Morgan fingerprint density at radius 1 is 1.53 bits per heavy atom. The maximum absolute atomic E-state index is 11.3. The van der Waals surface area contributed by atoms with E-state index < -0.39 is 18.0 Å². The van der Waals surface area contributed by atoms with Gasteiger partial charge in [-0.2, -0.15) is 4.58 Å². The third kappa shape index (κ3) is 3.53. The van der Waals surface area contributed by atoms with E-state index in [0.717, 1.165) is 6.42 Å². The van der Waals surface area contributed by atoms with Crippen LogP contribution in [-0.4, -0.2) is 42.5 Å². The van der Waals surface area contributed by atoms with Crippen LogP contribution in [0.2, 0.25) is 0 Å². The van der Waals surface area contributed by atoms with Crippen molar-refractivity contribution in [3.05, 3.63) is 12.3 Å². The Morgan fingerprint density at radius 2 is 2.27 bits per heavy atom. The number of nitrogens with zero attached hydrogens (tertiary/aromatic N) is 1. The Bertz CT molecular complexity index is 319. The summed E-state index contributed by atoms with van der Waals surface area (Å²) in [6.07, 6.45) is 5.56. The molecule has 5 nitrogen and oxygen atoms in total. The molecule has 0 spiro atoms. The van der Waals surface area contributed by atoms with E-state index in [2.05, 4.69) is 4.74 Å². The summed E-state index contributed by atoms with van der Waals surface area (Å²) < 4.78 is 11.0. The molecular formula is C10H14NO4+. The molecule has 1 atom stereocenters. The van der Waals surface area contributed by atoms with Gasteiger partial charge >= 0.3 is 11.9 Å². The zero-order chi connectivity index (χ0) is 11.3. The first-order chi connectivity index (χ1) is 7.13. The van der Waals surface area contributed by atoms with Gasteiger partial charge in [-0.3, -0.25) is 0 Å². The first kappa shape index (κ1) is 11.4. The van der Waals surface area contributed by atoms with Crippen molar-refractivity contribution in [2.45, 2.75) is 19.4 Å². The number of carbonyl (C=O) groups is 2. The molecule has 1 aliphatic heterocycles. The van der Waals surface area contributed by atoms with Crippen LogP contribution in [0, 0.1) is 0 Å². The van der Waals surface area contributed by atoms with Gasteiger partial charge in [-0.25, -0.2) is 9.59 Å². The van der Waals surface area contributed by atoms with Crippen molar-refractivity contribution in [2.24, 2.45) is 0 Å². The Kier molecular flexibility index (Phi) is 4.03. The molecule has 0 N–H and O–H groups in total. The molecule has 1 rings (SSSR count). The molecule has 0 saturated carbocycles. The second kappa shape index (κ2) is 5.29. The summed E-state index contributed by atoms with van der Waals surface area (Å²) in [5.74, 6) is -1.00. The van der Waals surface area contributed by atoms with Crippen LogP contribution >= 0.6 is 0 Å². The summed E-state index contributed by atoms with van der Waals surface area (Å²) in [6.45, 7) is 1.60. The van der Waals surface area contributed by atoms with Gasteiger partial charge in [-0.05, 0) is 13.0 Å². The summed E-state index contributed by atoms with van der Waals surface area (Å²) in [7, 11) is 1.25. The Morgan fingerprint density at radius 3 is 2.80 bits per heavy atom. The predicted octanol–water partition coefficient (Wildman–Crippen LogP) is 0.0918. The molecule has 0 aromatic carbocycles. The summed E-state index contributed by atoms with van der Waals surface area (Å²) in [5.41, 5.74) is 0. The van der Waals surface area contributed by atoms with Gasteiger partial charge in [-0.1, -0.05) is 0 Å². The second-order valence-electron chi connectivity index (χ2n) is 3.13. The zero-order valence-electron chi connectivity index (χ0n) is 8.80. The maximum atomic E-state index is 11.3. The van der Waals surface area contributed by atoms with Gasteiger partial charge < -0.3 is 9.47 Å². The fourth-order valence-electron chi connectivity index (χ4n) is 1.17. The average Bonchev–Trinajstić information content (AvgIpc) is 2.68. The summed E-state index contributed by atoms with van der Waals surface area (Å²) in [5, 5.41) is 0. The molecule has 0 aromatic rings. The quantitative estimate of drug-likeness (QED) is 0.489. The molecule has 0 radical (unpaired) electrons. The first-order valence-corrected chi connectivity index (χ1v) is 4.66. The lowest BCUT2D eigenvalue weighted by molar-refractivity contribution is -0.440. The van der Waals surface area contributed by atoms with Gasteiger partial charge in [0.05, 0.1) is 7.11 Å². The number of methoxy groups -OCH3 is 1. The van der Waals surface area contributed by atoms with Crippen LogP contribution in [0.1, 0.15) is 13.3 Å². The van der Waals surface area contributed by atoms with Crippen molar-refractivity contribution in [3.63, 3.8) is 0 Å². The van der Waals surface area contributed by atoms with Gasteiger partial charge in [0.25, 0.3) is 0 Å². The number of esters is 2. The van der Waals surface area contributed by atoms with Gasteiger partial charge in [0.2, 0.25) is 6.54 Å². The molecular weight excluding hydrogens is 198 g/mol. The highest BCUT2D eigenvalue weighted by atomic mass is 16.6. The summed E-state index contributed by atoms with van der Waals surface area (Å²) in [4.78, 5) is 22.3. The van der Waals surface area contributed by atoms with E-state index in [1.54, 1.807) is 10.8 Å². The third-order valence-electron chi connectivity index (χ3n) is 1.93. The van der Waals surface area contributed by atoms with Crippen molar-refractivity contribution < 1.29 is 23.6 Å². The van der Waals surface area contributed by atoms with Crippen molar-refractivity contribution in [3.8, 4) is 0 Å². The van der Waals surface area contributed by atoms with E-state index >= 15 is 0 Å². The lowest BCUT2D eigenvalue weighted by Gasteiger charge is -2.08. The lowest BCUT2D eigenvalue weighted by Crippen LogP contribution is -2.28. The van der Waals surface area contributed by atoms with Gasteiger partial charge in [0.15, 0.2) is 12.3 Å². The number of ether oxygens (including phenoxy) is 2. The monoisotopic (exact) mass is 212 g/mol. The number of allylic oxidation sites excluding steroid dienone is 1. The maximum Gasteiger partial charge on any atom is 0.373 e. The molecule has 0 amide bonds. The van der Waals surface area contributed by atoms with Crippen LogP contribution in [0.4, 0.5) is 0 Å². The molecule has 15 heavy (non-hydrogen) atoms.